The van der Waals surface area contributed by atoms with Gasteiger partial charge in [0.15, 0.2) is 0 Å². The van der Waals surface area contributed by atoms with Crippen LogP contribution in [0.25, 0.3) is 0 Å². The van der Waals surface area contributed by atoms with Crippen LogP contribution in [-0.2, 0) is 0 Å². The molecule has 100 valence electrons. The zero-order chi connectivity index (χ0) is 13.3. The first kappa shape index (κ1) is 13.5. The number of rotatable bonds is 1. The summed E-state index contributed by atoms with van der Waals surface area (Å²) in [6.45, 7) is 2.74. The van der Waals surface area contributed by atoms with Gasteiger partial charge in [-0.3, -0.25) is 9.69 Å². The largest absolute Gasteiger partial charge is 0.492 e. The van der Waals surface area contributed by atoms with E-state index in [2.05, 4.69) is 35.7 Å². The molecule has 1 saturated heterocycles. The van der Waals surface area contributed by atoms with Crippen LogP contribution < -0.4 is 5.56 Å². The zero-order valence-electron chi connectivity index (χ0n) is 10.5. The van der Waals surface area contributed by atoms with Gasteiger partial charge < -0.3 is 15.0 Å². The quantitative estimate of drug-likeness (QED) is 0.791. The van der Waals surface area contributed by atoms with Crippen LogP contribution in [0.3, 0.4) is 0 Å². The highest BCUT2D eigenvalue weighted by atomic mass is 79.9. The van der Waals surface area contributed by atoms with Crippen molar-refractivity contribution in [1.82, 2.24) is 19.8 Å². The van der Waals surface area contributed by atoms with E-state index in [1.807, 2.05) is 14.1 Å². The van der Waals surface area contributed by atoms with Gasteiger partial charge in [-0.05, 0) is 49.5 Å². The van der Waals surface area contributed by atoms with Crippen molar-refractivity contribution in [2.45, 2.75) is 12.5 Å². The highest BCUT2D eigenvalue weighted by molar-refractivity contribution is 9.10. The second-order valence-corrected chi connectivity index (χ2v) is 5.49. The fraction of sp³-hybridized carbons (Fsp3) is 0.636. The molecule has 7 heteroatoms. The van der Waals surface area contributed by atoms with E-state index in [1.54, 1.807) is 0 Å². The van der Waals surface area contributed by atoms with Crippen molar-refractivity contribution in [3.05, 3.63) is 20.7 Å². The minimum absolute atomic E-state index is 0.0100. The molecule has 1 unspecified atom stereocenters. The summed E-state index contributed by atoms with van der Waals surface area (Å²) in [4.78, 5) is 22.8. The maximum Gasteiger partial charge on any atom is 0.269 e. The molecular formula is C11H17BrN4O2. The van der Waals surface area contributed by atoms with Crippen LogP contribution >= 0.6 is 15.9 Å². The van der Waals surface area contributed by atoms with Gasteiger partial charge in [0, 0.05) is 6.54 Å². The van der Waals surface area contributed by atoms with E-state index < -0.39 is 0 Å². The number of aromatic hydroxyl groups is 1. The molecule has 2 rings (SSSR count). The van der Waals surface area contributed by atoms with E-state index in [1.165, 1.54) is 0 Å². The van der Waals surface area contributed by atoms with E-state index in [9.17, 15) is 9.90 Å². The van der Waals surface area contributed by atoms with Crippen LogP contribution in [0.5, 0.6) is 5.88 Å². The molecule has 0 aromatic carbocycles. The van der Waals surface area contributed by atoms with Gasteiger partial charge in [-0.1, -0.05) is 0 Å². The summed E-state index contributed by atoms with van der Waals surface area (Å²) in [6.07, 6.45) is 1.08. The van der Waals surface area contributed by atoms with Gasteiger partial charge in [0.05, 0.1) is 6.04 Å². The lowest BCUT2D eigenvalue weighted by Gasteiger charge is -2.26. The summed E-state index contributed by atoms with van der Waals surface area (Å²) in [6, 6.07) is -0.0100. The molecule has 1 atom stereocenters. The van der Waals surface area contributed by atoms with Crippen LogP contribution in [-0.4, -0.2) is 58.6 Å². The van der Waals surface area contributed by atoms with Gasteiger partial charge in [0.25, 0.3) is 5.56 Å². The molecular weight excluding hydrogens is 300 g/mol. The fourth-order valence-corrected chi connectivity index (χ4v) is 2.38. The van der Waals surface area contributed by atoms with Gasteiger partial charge in [-0.25, -0.2) is 0 Å². The highest BCUT2D eigenvalue weighted by Gasteiger charge is 2.25. The Bertz CT molecular complexity index is 490. The summed E-state index contributed by atoms with van der Waals surface area (Å²) in [5, 5.41) is 9.62. The Kier molecular flexibility index (Phi) is 4.04. The minimum Gasteiger partial charge on any atom is -0.492 e. The average molecular weight is 317 g/mol. The molecule has 6 nitrogen and oxygen atoms in total. The molecule has 1 aromatic heterocycles. The lowest BCUT2D eigenvalue weighted by molar-refractivity contribution is 0.217. The summed E-state index contributed by atoms with van der Waals surface area (Å²) < 4.78 is 0.0795. The van der Waals surface area contributed by atoms with Gasteiger partial charge in [-0.15, -0.1) is 0 Å². The first-order chi connectivity index (χ1) is 8.49. The van der Waals surface area contributed by atoms with Crippen molar-refractivity contribution in [2.24, 2.45) is 0 Å². The first-order valence-electron chi connectivity index (χ1n) is 5.86. The van der Waals surface area contributed by atoms with E-state index in [0.717, 1.165) is 26.1 Å². The van der Waals surface area contributed by atoms with E-state index in [0.29, 0.717) is 5.82 Å². The fourth-order valence-electron chi connectivity index (χ4n) is 2.19. The topological polar surface area (TPSA) is 72.5 Å². The molecule has 0 bridgehead atoms. The van der Waals surface area contributed by atoms with Crippen molar-refractivity contribution in [1.29, 1.82) is 0 Å². The number of halogens is 1. The summed E-state index contributed by atoms with van der Waals surface area (Å²) in [7, 11) is 4.05. The van der Waals surface area contributed by atoms with Crippen LogP contribution in [0.4, 0.5) is 0 Å². The summed E-state index contributed by atoms with van der Waals surface area (Å²) in [5.74, 6) is 0.256. The predicted molar refractivity (Wildman–Crippen MR) is 71.7 cm³/mol. The SMILES string of the molecule is CN1CCCN(C)C(c2nc(O)c(Br)c(=O)[nH]2)C1. The number of hydrogen-bond acceptors (Lipinski definition) is 5. The number of H-pyrrole nitrogens is 1. The van der Waals surface area contributed by atoms with Gasteiger partial charge >= 0.3 is 0 Å². The smallest absolute Gasteiger partial charge is 0.269 e. The number of nitrogens with zero attached hydrogens (tertiary/aromatic N) is 3. The van der Waals surface area contributed by atoms with Crippen LogP contribution in [0.15, 0.2) is 9.27 Å². The van der Waals surface area contributed by atoms with Crippen molar-refractivity contribution in [3.8, 4) is 5.88 Å². The van der Waals surface area contributed by atoms with Crippen LogP contribution in [0.2, 0.25) is 0 Å². The summed E-state index contributed by atoms with van der Waals surface area (Å²) >= 11 is 3.00. The predicted octanol–water partition coefficient (Wildman–Crippen LogP) is 0.546. The van der Waals surface area contributed by atoms with Crippen molar-refractivity contribution in [3.63, 3.8) is 0 Å². The zero-order valence-corrected chi connectivity index (χ0v) is 12.1. The second-order valence-electron chi connectivity index (χ2n) is 4.70. The molecule has 1 aliphatic heterocycles. The Morgan fingerprint density at radius 2 is 2.17 bits per heavy atom. The molecule has 1 fully saturated rings. The number of hydrogen-bond donors (Lipinski definition) is 2. The third-order valence-corrected chi connectivity index (χ3v) is 3.96. The standard InChI is InChI=1S/C11H17BrN4O2/c1-15-4-3-5-16(2)7(6-15)9-13-10(17)8(12)11(18)14-9/h7H,3-6H2,1-2H3,(H2,13,14,17,18). The number of aromatic nitrogens is 2. The van der Waals surface area contributed by atoms with Crippen LogP contribution in [0, 0.1) is 0 Å². The van der Waals surface area contributed by atoms with Crippen molar-refractivity contribution < 1.29 is 5.11 Å². The van der Waals surface area contributed by atoms with E-state index in [4.69, 9.17) is 0 Å². The van der Waals surface area contributed by atoms with Crippen LogP contribution in [0.1, 0.15) is 18.3 Å². The normalized spacial score (nSPS) is 22.9. The molecule has 2 N–H and O–H groups in total. The molecule has 1 aliphatic rings. The third-order valence-electron chi connectivity index (χ3n) is 3.25. The van der Waals surface area contributed by atoms with E-state index in [-0.39, 0.29) is 22.0 Å². The Labute approximate surface area is 114 Å². The van der Waals surface area contributed by atoms with Gasteiger partial charge in [0.2, 0.25) is 5.88 Å². The van der Waals surface area contributed by atoms with Gasteiger partial charge in [-0.2, -0.15) is 4.98 Å². The van der Waals surface area contributed by atoms with Crippen molar-refractivity contribution in [2.75, 3.05) is 33.7 Å². The number of nitrogens with one attached hydrogen (secondary N) is 1. The Morgan fingerprint density at radius 1 is 1.44 bits per heavy atom. The Hall–Kier alpha value is -0.920. The number of likely N-dealkylation sites (N-methyl/N-ethyl adjacent to an activating group) is 2. The maximum absolute atomic E-state index is 11.6. The second kappa shape index (κ2) is 5.38. The molecule has 2 heterocycles. The molecule has 0 spiro atoms. The highest BCUT2D eigenvalue weighted by Crippen LogP contribution is 2.23. The molecule has 1 aromatic rings. The first-order valence-corrected chi connectivity index (χ1v) is 6.66. The third kappa shape index (κ3) is 2.73. The number of aromatic amines is 1. The van der Waals surface area contributed by atoms with E-state index >= 15 is 0 Å². The molecule has 0 aliphatic carbocycles. The summed E-state index contributed by atoms with van der Waals surface area (Å²) in [5.41, 5.74) is -0.349. The molecule has 0 saturated carbocycles. The Morgan fingerprint density at radius 3 is 2.83 bits per heavy atom. The molecule has 0 radical (unpaired) electrons. The Balaban J connectivity index is 2.36. The maximum atomic E-state index is 11.6. The lowest BCUT2D eigenvalue weighted by atomic mass is 10.2. The average Bonchev–Trinajstić information content (AvgIpc) is 2.47. The molecule has 18 heavy (non-hydrogen) atoms. The monoisotopic (exact) mass is 316 g/mol. The minimum atomic E-state index is -0.349. The van der Waals surface area contributed by atoms with Gasteiger partial charge in [0.1, 0.15) is 10.3 Å². The molecule has 0 amide bonds. The lowest BCUT2D eigenvalue weighted by Crippen LogP contribution is -2.33. The van der Waals surface area contributed by atoms with Crippen molar-refractivity contribution >= 4 is 15.9 Å².